The van der Waals surface area contributed by atoms with Crippen LogP contribution in [0.5, 0.6) is 0 Å². The van der Waals surface area contributed by atoms with Crippen molar-refractivity contribution in [2.45, 2.75) is 58.4 Å². The largest absolute Gasteiger partial charge is 0.382 e. The molecule has 0 aliphatic carbocycles. The minimum absolute atomic E-state index is 0.572. The average Bonchev–Trinajstić information content (AvgIpc) is 2.39. The molecular formula is C17H28N2. The highest BCUT2D eigenvalue weighted by Gasteiger charge is 2.16. The summed E-state index contributed by atoms with van der Waals surface area (Å²) in [5, 5.41) is 7.18. The third kappa shape index (κ3) is 3.73. The van der Waals surface area contributed by atoms with E-state index in [9.17, 15) is 0 Å². The van der Waals surface area contributed by atoms with Crippen LogP contribution < -0.4 is 10.6 Å². The second-order valence-electron chi connectivity index (χ2n) is 6.32. The number of anilines is 1. The molecule has 1 fully saturated rings. The highest BCUT2D eigenvalue weighted by Crippen LogP contribution is 2.29. The lowest BCUT2D eigenvalue weighted by Crippen LogP contribution is -2.35. The van der Waals surface area contributed by atoms with Gasteiger partial charge in [-0.25, -0.2) is 0 Å². The van der Waals surface area contributed by atoms with Gasteiger partial charge in [0.1, 0.15) is 0 Å². The second kappa shape index (κ2) is 6.42. The van der Waals surface area contributed by atoms with Gasteiger partial charge in [-0.3, -0.25) is 0 Å². The van der Waals surface area contributed by atoms with Gasteiger partial charge in [0.05, 0.1) is 0 Å². The number of hydrogen-bond donors (Lipinski definition) is 2. The summed E-state index contributed by atoms with van der Waals surface area (Å²) in [6.07, 6.45) is 2.45. The molecule has 1 aromatic carbocycles. The Balaban J connectivity index is 2.18. The van der Waals surface area contributed by atoms with Crippen molar-refractivity contribution in [3.8, 4) is 0 Å². The fraction of sp³-hybridized carbons (Fsp3) is 0.647. The molecule has 0 amide bonds. The van der Waals surface area contributed by atoms with Gasteiger partial charge in [-0.05, 0) is 55.0 Å². The molecule has 1 saturated heterocycles. The molecule has 0 bridgehead atoms. The first-order chi connectivity index (χ1) is 9.08. The number of nitrogens with one attached hydrogen (secondary N) is 2. The number of hydrogen-bond acceptors (Lipinski definition) is 2. The van der Waals surface area contributed by atoms with Crippen LogP contribution in [0.1, 0.15) is 63.5 Å². The quantitative estimate of drug-likeness (QED) is 0.851. The van der Waals surface area contributed by atoms with Gasteiger partial charge in [-0.15, -0.1) is 0 Å². The van der Waals surface area contributed by atoms with Gasteiger partial charge in [0, 0.05) is 11.7 Å². The van der Waals surface area contributed by atoms with E-state index in [1.165, 1.54) is 29.7 Å². The molecule has 2 rings (SSSR count). The summed E-state index contributed by atoms with van der Waals surface area (Å²) in [5.74, 6) is 1.17. The van der Waals surface area contributed by atoms with E-state index in [0.717, 1.165) is 13.1 Å². The fourth-order valence-corrected chi connectivity index (χ4v) is 2.74. The van der Waals surface area contributed by atoms with Crippen LogP contribution in [0.4, 0.5) is 5.69 Å². The van der Waals surface area contributed by atoms with Crippen LogP contribution in [0.3, 0.4) is 0 Å². The second-order valence-corrected chi connectivity index (χ2v) is 6.32. The lowest BCUT2D eigenvalue weighted by Gasteiger charge is -2.27. The molecule has 0 spiro atoms. The third-order valence-electron chi connectivity index (χ3n) is 4.06. The predicted molar refractivity (Wildman–Crippen MR) is 84.1 cm³/mol. The van der Waals surface area contributed by atoms with E-state index in [0.29, 0.717) is 17.9 Å². The third-order valence-corrected chi connectivity index (χ3v) is 4.06. The Morgan fingerprint density at radius 2 is 1.74 bits per heavy atom. The summed E-state index contributed by atoms with van der Waals surface area (Å²) in [5.41, 5.74) is 4.25. The van der Waals surface area contributed by atoms with E-state index in [1.807, 2.05) is 0 Å². The van der Waals surface area contributed by atoms with Crippen molar-refractivity contribution < 1.29 is 0 Å². The summed E-state index contributed by atoms with van der Waals surface area (Å²) >= 11 is 0. The summed E-state index contributed by atoms with van der Waals surface area (Å²) < 4.78 is 0. The van der Waals surface area contributed by atoms with Gasteiger partial charge in [-0.1, -0.05) is 39.8 Å². The van der Waals surface area contributed by atoms with Crippen LogP contribution in [0.25, 0.3) is 0 Å². The lowest BCUT2D eigenvalue weighted by molar-refractivity contribution is 0.478. The smallest absolute Gasteiger partial charge is 0.0377 e. The SMILES string of the molecule is CC(C)c1ccc(NC2CCNCC2)c(C(C)C)c1. The first-order valence-electron chi connectivity index (χ1n) is 7.69. The summed E-state index contributed by atoms with van der Waals surface area (Å²) in [7, 11) is 0. The minimum Gasteiger partial charge on any atom is -0.382 e. The molecule has 1 aliphatic rings. The molecule has 1 heterocycles. The molecule has 0 unspecified atom stereocenters. The Labute approximate surface area is 118 Å². The number of rotatable bonds is 4. The Morgan fingerprint density at radius 3 is 2.32 bits per heavy atom. The Hall–Kier alpha value is -1.02. The van der Waals surface area contributed by atoms with Crippen molar-refractivity contribution in [1.29, 1.82) is 0 Å². The standard InChI is InChI=1S/C17H28N2/c1-12(2)14-5-6-17(16(11-14)13(3)4)19-15-7-9-18-10-8-15/h5-6,11-13,15,18-19H,7-10H2,1-4H3. The van der Waals surface area contributed by atoms with Crippen LogP contribution >= 0.6 is 0 Å². The highest BCUT2D eigenvalue weighted by molar-refractivity contribution is 5.55. The van der Waals surface area contributed by atoms with E-state index in [4.69, 9.17) is 0 Å². The molecular weight excluding hydrogens is 232 g/mol. The first kappa shape index (κ1) is 14.4. The monoisotopic (exact) mass is 260 g/mol. The number of benzene rings is 1. The van der Waals surface area contributed by atoms with Gasteiger partial charge in [0.2, 0.25) is 0 Å². The summed E-state index contributed by atoms with van der Waals surface area (Å²) in [4.78, 5) is 0. The van der Waals surface area contributed by atoms with Gasteiger partial charge in [0.15, 0.2) is 0 Å². The highest BCUT2D eigenvalue weighted by atomic mass is 15.0. The van der Waals surface area contributed by atoms with Crippen molar-refractivity contribution in [2.75, 3.05) is 18.4 Å². The summed E-state index contributed by atoms with van der Waals surface area (Å²) in [6.45, 7) is 11.4. The fourth-order valence-electron chi connectivity index (χ4n) is 2.74. The zero-order valence-electron chi connectivity index (χ0n) is 12.8. The maximum atomic E-state index is 3.76. The normalized spacial score (nSPS) is 17.2. The van der Waals surface area contributed by atoms with Crippen molar-refractivity contribution in [3.05, 3.63) is 29.3 Å². The maximum absolute atomic E-state index is 3.76. The zero-order chi connectivity index (χ0) is 13.8. The maximum Gasteiger partial charge on any atom is 0.0377 e. The minimum atomic E-state index is 0.572. The first-order valence-corrected chi connectivity index (χ1v) is 7.69. The Kier molecular flexibility index (Phi) is 4.87. The van der Waals surface area contributed by atoms with Crippen LogP contribution in [0, 0.1) is 0 Å². The van der Waals surface area contributed by atoms with Crippen LogP contribution in [-0.4, -0.2) is 19.1 Å². The Morgan fingerprint density at radius 1 is 1.05 bits per heavy atom. The molecule has 0 saturated carbocycles. The average molecular weight is 260 g/mol. The van der Waals surface area contributed by atoms with E-state index < -0.39 is 0 Å². The summed E-state index contributed by atoms with van der Waals surface area (Å²) in [6, 6.07) is 7.58. The zero-order valence-corrected chi connectivity index (χ0v) is 12.8. The molecule has 0 aromatic heterocycles. The van der Waals surface area contributed by atoms with Crippen molar-refractivity contribution in [1.82, 2.24) is 5.32 Å². The molecule has 1 aromatic rings. The van der Waals surface area contributed by atoms with Crippen molar-refractivity contribution >= 4 is 5.69 Å². The molecule has 19 heavy (non-hydrogen) atoms. The topological polar surface area (TPSA) is 24.1 Å². The van der Waals surface area contributed by atoms with Crippen LogP contribution in [0.15, 0.2) is 18.2 Å². The van der Waals surface area contributed by atoms with Crippen molar-refractivity contribution in [3.63, 3.8) is 0 Å². The van der Waals surface area contributed by atoms with Gasteiger partial charge in [-0.2, -0.15) is 0 Å². The number of piperidine rings is 1. The van der Waals surface area contributed by atoms with Crippen molar-refractivity contribution in [2.24, 2.45) is 0 Å². The molecule has 0 radical (unpaired) electrons. The van der Waals surface area contributed by atoms with Crippen LogP contribution in [0.2, 0.25) is 0 Å². The van der Waals surface area contributed by atoms with Crippen LogP contribution in [-0.2, 0) is 0 Å². The molecule has 106 valence electrons. The van der Waals surface area contributed by atoms with Gasteiger partial charge < -0.3 is 10.6 Å². The molecule has 2 nitrogen and oxygen atoms in total. The van der Waals surface area contributed by atoms with E-state index in [2.05, 4.69) is 56.5 Å². The molecule has 2 heteroatoms. The lowest BCUT2D eigenvalue weighted by atomic mass is 9.93. The van der Waals surface area contributed by atoms with E-state index in [1.54, 1.807) is 0 Å². The van der Waals surface area contributed by atoms with E-state index in [-0.39, 0.29) is 0 Å². The molecule has 2 N–H and O–H groups in total. The van der Waals surface area contributed by atoms with Gasteiger partial charge >= 0.3 is 0 Å². The Bertz CT molecular complexity index is 404. The van der Waals surface area contributed by atoms with Gasteiger partial charge in [0.25, 0.3) is 0 Å². The molecule has 1 aliphatic heterocycles. The predicted octanol–water partition coefficient (Wildman–Crippen LogP) is 4.10. The molecule has 0 atom stereocenters. The van der Waals surface area contributed by atoms with E-state index >= 15 is 0 Å².